The molecule has 5 heteroatoms. The van der Waals surface area contributed by atoms with E-state index in [1.807, 2.05) is 0 Å². The van der Waals surface area contributed by atoms with Crippen LogP contribution in [0.2, 0.25) is 0 Å². The molecule has 2 N–H and O–H groups in total. The molecule has 1 heterocycles. The van der Waals surface area contributed by atoms with Crippen LogP contribution in [0.3, 0.4) is 0 Å². The first kappa shape index (κ1) is 19.2. The second-order valence-electron chi connectivity index (χ2n) is 6.85. The van der Waals surface area contributed by atoms with Crippen LogP contribution in [0.1, 0.15) is 47.5 Å². The highest BCUT2D eigenvalue weighted by Crippen LogP contribution is 2.14. The van der Waals surface area contributed by atoms with E-state index in [2.05, 4.69) is 62.1 Å². The first-order valence-electron chi connectivity index (χ1n) is 8.93. The summed E-state index contributed by atoms with van der Waals surface area (Å²) in [6, 6.07) is 1.76. The van der Waals surface area contributed by atoms with E-state index in [9.17, 15) is 0 Å². The van der Waals surface area contributed by atoms with E-state index in [1.165, 1.54) is 19.4 Å². The molecule has 0 aromatic carbocycles. The van der Waals surface area contributed by atoms with Crippen molar-refractivity contribution in [2.24, 2.45) is 4.99 Å². The Bertz CT molecular complexity index is 319. The summed E-state index contributed by atoms with van der Waals surface area (Å²) in [5.74, 6) is 0.954. The van der Waals surface area contributed by atoms with Gasteiger partial charge in [-0.05, 0) is 61.1 Å². The maximum absolute atomic E-state index is 4.77. The average Bonchev–Trinajstić information content (AvgIpc) is 2.85. The van der Waals surface area contributed by atoms with E-state index >= 15 is 0 Å². The summed E-state index contributed by atoms with van der Waals surface area (Å²) in [4.78, 5) is 9.69. The van der Waals surface area contributed by atoms with Crippen LogP contribution in [-0.2, 0) is 0 Å². The minimum atomic E-state index is 0.577. The lowest BCUT2D eigenvalue weighted by Crippen LogP contribution is -2.45. The molecule has 0 amide bonds. The van der Waals surface area contributed by atoms with Crippen molar-refractivity contribution in [3.05, 3.63) is 0 Å². The minimum Gasteiger partial charge on any atom is -0.357 e. The highest BCUT2D eigenvalue weighted by atomic mass is 15.2. The largest absolute Gasteiger partial charge is 0.357 e. The molecule has 1 rings (SSSR count). The first-order chi connectivity index (χ1) is 10.5. The smallest absolute Gasteiger partial charge is 0.191 e. The van der Waals surface area contributed by atoms with Crippen molar-refractivity contribution in [3.8, 4) is 0 Å². The normalized spacial score (nSPS) is 20.4. The highest BCUT2D eigenvalue weighted by Gasteiger charge is 2.20. The molecule has 130 valence electrons. The number of hydrogen-bond acceptors (Lipinski definition) is 3. The van der Waals surface area contributed by atoms with Gasteiger partial charge in [0.1, 0.15) is 0 Å². The minimum absolute atomic E-state index is 0.577. The molecule has 1 aliphatic heterocycles. The number of hydrogen-bond donors (Lipinski definition) is 2. The molecule has 0 spiro atoms. The van der Waals surface area contributed by atoms with Gasteiger partial charge in [0, 0.05) is 37.8 Å². The fourth-order valence-electron chi connectivity index (χ4n) is 3.16. The van der Waals surface area contributed by atoms with Crippen LogP contribution in [0.25, 0.3) is 0 Å². The fourth-order valence-corrected chi connectivity index (χ4v) is 3.16. The molecule has 0 saturated carbocycles. The molecule has 0 radical (unpaired) electrons. The summed E-state index contributed by atoms with van der Waals surface area (Å²) in [5.41, 5.74) is 0. The molecule has 0 aliphatic carbocycles. The molecule has 1 unspecified atom stereocenters. The van der Waals surface area contributed by atoms with E-state index < -0.39 is 0 Å². The van der Waals surface area contributed by atoms with Gasteiger partial charge in [-0.2, -0.15) is 0 Å². The maximum atomic E-state index is 4.77. The van der Waals surface area contributed by atoms with Crippen LogP contribution >= 0.6 is 0 Å². The Morgan fingerprint density at radius 3 is 2.41 bits per heavy atom. The molecule has 1 aliphatic rings. The summed E-state index contributed by atoms with van der Waals surface area (Å²) in [6.07, 6.45) is 2.58. The lowest BCUT2D eigenvalue weighted by Gasteiger charge is -2.30. The van der Waals surface area contributed by atoms with Gasteiger partial charge < -0.3 is 15.5 Å². The second-order valence-corrected chi connectivity index (χ2v) is 6.85. The number of rotatable bonds is 8. The van der Waals surface area contributed by atoms with Crippen LogP contribution in [0.5, 0.6) is 0 Å². The molecule has 0 bridgehead atoms. The summed E-state index contributed by atoms with van der Waals surface area (Å²) < 4.78 is 0. The van der Waals surface area contributed by atoms with Gasteiger partial charge >= 0.3 is 0 Å². The van der Waals surface area contributed by atoms with Crippen LogP contribution in [-0.4, -0.2) is 73.7 Å². The first-order valence-corrected chi connectivity index (χ1v) is 8.93. The van der Waals surface area contributed by atoms with E-state index in [0.29, 0.717) is 18.1 Å². The van der Waals surface area contributed by atoms with E-state index in [0.717, 1.165) is 32.1 Å². The SMILES string of the molecule is CCNC(=NCC1CCCN1C)NCCN(C(C)C)C(C)C. The van der Waals surface area contributed by atoms with Crippen molar-refractivity contribution in [1.29, 1.82) is 0 Å². The number of likely N-dealkylation sites (N-methyl/N-ethyl adjacent to an activating group) is 1. The molecular formula is C17H37N5. The third kappa shape index (κ3) is 6.53. The van der Waals surface area contributed by atoms with Gasteiger partial charge in [-0.15, -0.1) is 0 Å². The Balaban J connectivity index is 2.42. The molecule has 22 heavy (non-hydrogen) atoms. The van der Waals surface area contributed by atoms with Gasteiger partial charge in [0.2, 0.25) is 0 Å². The summed E-state index contributed by atoms with van der Waals surface area (Å²) >= 11 is 0. The van der Waals surface area contributed by atoms with Crippen molar-refractivity contribution >= 4 is 5.96 Å². The van der Waals surface area contributed by atoms with Gasteiger partial charge in [0.05, 0.1) is 6.54 Å². The van der Waals surface area contributed by atoms with Crippen LogP contribution in [0.4, 0.5) is 0 Å². The van der Waals surface area contributed by atoms with Crippen molar-refractivity contribution < 1.29 is 0 Å². The monoisotopic (exact) mass is 311 g/mol. The zero-order valence-electron chi connectivity index (χ0n) is 15.5. The standard InChI is InChI=1S/C17H37N5/c1-7-18-17(20-13-16-9-8-11-21(16)6)19-10-12-22(14(2)3)15(4)5/h14-16H,7-13H2,1-6H3,(H2,18,19,20). The maximum Gasteiger partial charge on any atom is 0.191 e. The van der Waals surface area contributed by atoms with Crippen molar-refractivity contribution in [3.63, 3.8) is 0 Å². The summed E-state index contributed by atoms with van der Waals surface area (Å²) in [7, 11) is 2.21. The molecule has 1 atom stereocenters. The van der Waals surface area contributed by atoms with Gasteiger partial charge in [0.15, 0.2) is 5.96 Å². The Kier molecular flexibility index (Phi) is 8.79. The highest BCUT2D eigenvalue weighted by molar-refractivity contribution is 5.79. The van der Waals surface area contributed by atoms with E-state index in [4.69, 9.17) is 4.99 Å². The molecule has 0 aromatic heterocycles. The van der Waals surface area contributed by atoms with Crippen LogP contribution < -0.4 is 10.6 Å². The van der Waals surface area contributed by atoms with Crippen molar-refractivity contribution in [2.45, 2.75) is 65.6 Å². The van der Waals surface area contributed by atoms with E-state index in [-0.39, 0.29) is 0 Å². The van der Waals surface area contributed by atoms with Crippen molar-refractivity contribution in [2.75, 3.05) is 39.8 Å². The molecule has 5 nitrogen and oxygen atoms in total. The average molecular weight is 312 g/mol. The van der Waals surface area contributed by atoms with Gasteiger partial charge in [-0.3, -0.25) is 9.89 Å². The zero-order chi connectivity index (χ0) is 16.5. The number of aliphatic imine (C=N–C) groups is 1. The third-order valence-corrected chi connectivity index (χ3v) is 4.46. The number of nitrogens with one attached hydrogen (secondary N) is 2. The summed E-state index contributed by atoms with van der Waals surface area (Å²) in [6.45, 7) is 16.1. The lowest BCUT2D eigenvalue weighted by atomic mass is 10.2. The predicted octanol–water partition coefficient (Wildman–Crippen LogP) is 1.75. The predicted molar refractivity (Wildman–Crippen MR) is 96.6 cm³/mol. The Morgan fingerprint density at radius 1 is 1.23 bits per heavy atom. The Hall–Kier alpha value is -0.810. The molecule has 1 saturated heterocycles. The quantitative estimate of drug-likeness (QED) is 0.529. The van der Waals surface area contributed by atoms with Gasteiger partial charge in [-0.1, -0.05) is 0 Å². The molecular weight excluding hydrogens is 274 g/mol. The lowest BCUT2D eigenvalue weighted by molar-refractivity contribution is 0.178. The second kappa shape index (κ2) is 10.1. The van der Waals surface area contributed by atoms with Crippen LogP contribution in [0.15, 0.2) is 4.99 Å². The summed E-state index contributed by atoms with van der Waals surface area (Å²) in [5, 5.41) is 6.83. The number of guanidine groups is 1. The van der Waals surface area contributed by atoms with Gasteiger partial charge in [-0.25, -0.2) is 0 Å². The molecule has 1 fully saturated rings. The number of nitrogens with zero attached hydrogens (tertiary/aromatic N) is 3. The number of likely N-dealkylation sites (tertiary alicyclic amines) is 1. The fraction of sp³-hybridized carbons (Fsp3) is 0.941. The van der Waals surface area contributed by atoms with Crippen molar-refractivity contribution in [1.82, 2.24) is 20.4 Å². The van der Waals surface area contributed by atoms with Crippen LogP contribution in [0, 0.1) is 0 Å². The molecule has 0 aromatic rings. The Labute approximate surface area is 137 Å². The third-order valence-electron chi connectivity index (χ3n) is 4.46. The zero-order valence-corrected chi connectivity index (χ0v) is 15.5. The van der Waals surface area contributed by atoms with E-state index in [1.54, 1.807) is 0 Å². The Morgan fingerprint density at radius 2 is 1.91 bits per heavy atom. The van der Waals surface area contributed by atoms with Gasteiger partial charge in [0.25, 0.3) is 0 Å². The topological polar surface area (TPSA) is 42.9 Å².